The Morgan fingerprint density at radius 1 is 1.27 bits per heavy atom. The highest BCUT2D eigenvalue weighted by atomic mass is 35.5. The molecule has 2 aliphatic heterocycles. The van der Waals surface area contributed by atoms with E-state index in [0.717, 1.165) is 18.7 Å². The van der Waals surface area contributed by atoms with Crippen molar-refractivity contribution in [3.05, 3.63) is 47.5 Å². The first-order chi connectivity index (χ1) is 17.0. The number of anilines is 1. The average molecular weight is 555 g/mol. The number of aliphatic hydroxyl groups excluding tert-OH is 1. The lowest BCUT2D eigenvalue weighted by atomic mass is 10.0. The summed E-state index contributed by atoms with van der Waals surface area (Å²) in [7, 11) is 1.52. The zero-order chi connectivity index (χ0) is 24.4. The van der Waals surface area contributed by atoms with Crippen LogP contribution < -0.4 is 20.1 Å². The van der Waals surface area contributed by atoms with Gasteiger partial charge >= 0.3 is 0 Å². The van der Waals surface area contributed by atoms with Crippen LogP contribution >= 0.6 is 24.8 Å². The number of carbonyl (C=O) groups is 1. The van der Waals surface area contributed by atoms with Gasteiger partial charge in [0.15, 0.2) is 18.2 Å². The topological polar surface area (TPSA) is 122 Å². The maximum Gasteiger partial charge on any atom is 0.263 e. The molecule has 13 heteroatoms. The van der Waals surface area contributed by atoms with Gasteiger partial charge in [-0.2, -0.15) is 0 Å². The minimum absolute atomic E-state index is 0. The van der Waals surface area contributed by atoms with Crippen molar-refractivity contribution < 1.29 is 23.8 Å². The van der Waals surface area contributed by atoms with E-state index in [1.165, 1.54) is 13.3 Å². The standard InChI is InChI=1S/C24H27FN6O4.2ClH/c1-34-22-5-3-18-23(30-22)15(16(25)11-27-18)6-8-31-9-7-17(19(32)12-31)26-10-14-2-4-20-24(28-14)29-21(33)13-35-20;;/h2-5,11,17,19,26,32H,6-10,12-13H2,1H3,(H,28,29,33);2*1H/t17-,19?;;/m1../s1. The van der Waals surface area contributed by atoms with Crippen LogP contribution in [-0.4, -0.2) is 76.4 Å². The molecule has 5 heterocycles. The van der Waals surface area contributed by atoms with Crippen molar-refractivity contribution in [1.82, 2.24) is 25.2 Å². The Labute approximate surface area is 225 Å². The number of fused-ring (bicyclic) bond motifs is 2. The van der Waals surface area contributed by atoms with Crippen molar-refractivity contribution in [1.29, 1.82) is 0 Å². The Bertz CT molecular complexity index is 1250. The summed E-state index contributed by atoms with van der Waals surface area (Å²) in [5.74, 6) is 0.756. The number of hydrogen-bond donors (Lipinski definition) is 3. The van der Waals surface area contributed by atoms with E-state index in [1.54, 1.807) is 18.2 Å². The van der Waals surface area contributed by atoms with E-state index in [4.69, 9.17) is 9.47 Å². The number of methoxy groups -OCH3 is 1. The van der Waals surface area contributed by atoms with Crippen molar-refractivity contribution in [3.63, 3.8) is 0 Å². The normalized spacial score (nSPS) is 19.2. The van der Waals surface area contributed by atoms with Crippen LogP contribution in [0.2, 0.25) is 0 Å². The summed E-state index contributed by atoms with van der Waals surface area (Å²) in [6.45, 7) is 2.27. The van der Waals surface area contributed by atoms with Gasteiger partial charge < -0.3 is 30.1 Å². The lowest BCUT2D eigenvalue weighted by molar-refractivity contribution is -0.118. The fraction of sp³-hybridized carbons (Fsp3) is 0.417. The first-order valence-electron chi connectivity index (χ1n) is 11.5. The average Bonchev–Trinajstić information content (AvgIpc) is 2.87. The summed E-state index contributed by atoms with van der Waals surface area (Å²) in [6.07, 6.45) is 1.82. The van der Waals surface area contributed by atoms with Crippen LogP contribution in [0.15, 0.2) is 30.5 Å². The molecule has 37 heavy (non-hydrogen) atoms. The van der Waals surface area contributed by atoms with E-state index in [1.807, 2.05) is 6.07 Å². The van der Waals surface area contributed by atoms with E-state index < -0.39 is 11.9 Å². The second kappa shape index (κ2) is 12.6. The van der Waals surface area contributed by atoms with Gasteiger partial charge in [0, 0.05) is 37.3 Å². The van der Waals surface area contributed by atoms with E-state index in [0.29, 0.717) is 60.1 Å². The minimum atomic E-state index is -0.582. The van der Waals surface area contributed by atoms with Gasteiger partial charge in [0.25, 0.3) is 5.91 Å². The Morgan fingerprint density at radius 3 is 2.89 bits per heavy atom. The monoisotopic (exact) mass is 554 g/mol. The van der Waals surface area contributed by atoms with Crippen LogP contribution in [0, 0.1) is 5.82 Å². The minimum Gasteiger partial charge on any atom is -0.481 e. The largest absolute Gasteiger partial charge is 0.481 e. The van der Waals surface area contributed by atoms with Gasteiger partial charge in [0.05, 0.1) is 36.1 Å². The van der Waals surface area contributed by atoms with Crippen molar-refractivity contribution in [2.45, 2.75) is 31.5 Å². The van der Waals surface area contributed by atoms with E-state index >= 15 is 0 Å². The zero-order valence-corrected chi connectivity index (χ0v) is 21.8. The molecule has 0 aliphatic carbocycles. The number of pyridine rings is 3. The molecule has 2 aliphatic rings. The molecule has 0 radical (unpaired) electrons. The highest BCUT2D eigenvalue weighted by molar-refractivity contribution is 5.94. The fourth-order valence-corrected chi connectivity index (χ4v) is 4.48. The predicted molar refractivity (Wildman–Crippen MR) is 140 cm³/mol. The number of amides is 1. The Balaban J connectivity index is 0.00000190. The van der Waals surface area contributed by atoms with Crippen LogP contribution in [0.3, 0.4) is 0 Å². The smallest absolute Gasteiger partial charge is 0.263 e. The maximum absolute atomic E-state index is 14.6. The molecule has 1 amide bonds. The third-order valence-electron chi connectivity index (χ3n) is 6.37. The highest BCUT2D eigenvalue weighted by Gasteiger charge is 2.28. The maximum atomic E-state index is 14.6. The number of aliphatic hydroxyl groups is 1. The lowest BCUT2D eigenvalue weighted by Gasteiger charge is -2.36. The van der Waals surface area contributed by atoms with Gasteiger partial charge in [0.1, 0.15) is 5.82 Å². The molecular formula is C24H29Cl2FN6O4. The quantitative estimate of drug-likeness (QED) is 0.403. The summed E-state index contributed by atoms with van der Waals surface area (Å²) in [5, 5.41) is 16.8. The number of likely N-dealkylation sites (tertiary alicyclic amines) is 1. The van der Waals surface area contributed by atoms with E-state index in [2.05, 4.69) is 30.5 Å². The molecule has 1 fully saturated rings. The SMILES string of the molecule is COc1ccc2ncc(F)c(CCN3CC[C@@H](NCc4ccc5c(n4)NC(=O)CO5)C(O)C3)c2n1.Cl.Cl. The second-order valence-corrected chi connectivity index (χ2v) is 8.69. The summed E-state index contributed by atoms with van der Waals surface area (Å²) in [5.41, 5.74) is 2.36. The molecule has 3 aromatic rings. The number of hydrogen-bond acceptors (Lipinski definition) is 9. The van der Waals surface area contributed by atoms with Crippen LogP contribution in [0.4, 0.5) is 10.2 Å². The second-order valence-electron chi connectivity index (χ2n) is 8.69. The third kappa shape index (κ3) is 6.55. The van der Waals surface area contributed by atoms with Gasteiger partial charge in [0.2, 0.25) is 5.88 Å². The van der Waals surface area contributed by atoms with Gasteiger partial charge in [-0.25, -0.2) is 14.4 Å². The molecule has 3 N–H and O–H groups in total. The van der Waals surface area contributed by atoms with Gasteiger partial charge in [-0.15, -0.1) is 24.8 Å². The van der Waals surface area contributed by atoms with Crippen molar-refractivity contribution >= 4 is 47.6 Å². The zero-order valence-electron chi connectivity index (χ0n) is 20.1. The molecule has 0 aromatic carbocycles. The van der Waals surface area contributed by atoms with Gasteiger partial charge in [-0.1, -0.05) is 0 Å². The number of nitrogens with zero attached hydrogens (tertiary/aromatic N) is 4. The van der Waals surface area contributed by atoms with Crippen LogP contribution in [-0.2, 0) is 17.8 Å². The first-order valence-corrected chi connectivity index (χ1v) is 11.5. The van der Waals surface area contributed by atoms with Crippen LogP contribution in [0.25, 0.3) is 11.0 Å². The molecule has 0 bridgehead atoms. The van der Waals surface area contributed by atoms with Crippen molar-refractivity contribution in [2.75, 3.05) is 38.7 Å². The molecule has 3 aromatic heterocycles. The lowest BCUT2D eigenvalue weighted by Crippen LogP contribution is -2.52. The third-order valence-corrected chi connectivity index (χ3v) is 6.37. The summed E-state index contributed by atoms with van der Waals surface area (Å²) in [6, 6.07) is 6.99. The molecule has 2 atom stereocenters. The number of halogens is 3. The Kier molecular flexibility index (Phi) is 9.80. The van der Waals surface area contributed by atoms with Crippen molar-refractivity contribution in [2.24, 2.45) is 0 Å². The van der Waals surface area contributed by atoms with Crippen LogP contribution in [0.5, 0.6) is 11.6 Å². The van der Waals surface area contributed by atoms with Gasteiger partial charge in [-0.3, -0.25) is 9.78 Å². The van der Waals surface area contributed by atoms with Gasteiger partial charge in [-0.05, 0) is 37.6 Å². The van der Waals surface area contributed by atoms with Crippen molar-refractivity contribution in [3.8, 4) is 11.6 Å². The summed E-state index contributed by atoms with van der Waals surface area (Å²) >= 11 is 0. The molecule has 1 unspecified atom stereocenters. The molecule has 10 nitrogen and oxygen atoms in total. The number of piperidine rings is 1. The number of rotatable bonds is 7. The Morgan fingerprint density at radius 2 is 2.11 bits per heavy atom. The van der Waals surface area contributed by atoms with E-state index in [9.17, 15) is 14.3 Å². The molecule has 1 saturated heterocycles. The summed E-state index contributed by atoms with van der Waals surface area (Å²) in [4.78, 5) is 26.6. The summed E-state index contributed by atoms with van der Waals surface area (Å²) < 4.78 is 25.1. The molecule has 5 rings (SSSR count). The molecule has 0 spiro atoms. The molecular weight excluding hydrogens is 526 g/mol. The number of carbonyl (C=O) groups excluding carboxylic acids is 1. The fourth-order valence-electron chi connectivity index (χ4n) is 4.48. The highest BCUT2D eigenvalue weighted by Crippen LogP contribution is 2.26. The predicted octanol–water partition coefficient (Wildman–Crippen LogP) is 2.11. The molecule has 0 saturated carbocycles. The van der Waals surface area contributed by atoms with Crippen LogP contribution in [0.1, 0.15) is 17.7 Å². The number of ether oxygens (including phenoxy) is 2. The number of β-amino-alcohol motifs (C(OH)–C–C–N with tert-alkyl or cyclic N) is 1. The first kappa shape index (κ1) is 28.7. The Hall–Kier alpha value is -2.83. The van der Waals surface area contributed by atoms with E-state index in [-0.39, 0.29) is 43.4 Å². The number of nitrogens with one attached hydrogen (secondary N) is 2. The molecule has 200 valence electrons. The number of aromatic nitrogens is 3.